The van der Waals surface area contributed by atoms with Gasteiger partial charge in [0.15, 0.2) is 5.82 Å². The number of rotatable bonds is 2. The average Bonchev–Trinajstić information content (AvgIpc) is 2.68. The smallest absolute Gasteiger partial charge is 0.159 e. The number of aryl methyl sites for hydroxylation is 1. The number of nitrogens with zero attached hydrogens (tertiary/aromatic N) is 3. The molecule has 0 radical (unpaired) electrons. The molecule has 0 fully saturated rings. The van der Waals surface area contributed by atoms with Gasteiger partial charge in [0.05, 0.1) is 0 Å². The summed E-state index contributed by atoms with van der Waals surface area (Å²) in [6.45, 7) is 2.04. The van der Waals surface area contributed by atoms with Crippen LogP contribution < -0.4 is 0 Å². The molecule has 0 spiro atoms. The van der Waals surface area contributed by atoms with Crippen LogP contribution in [0.3, 0.4) is 0 Å². The summed E-state index contributed by atoms with van der Waals surface area (Å²) in [6, 6.07) is 8.03. The van der Waals surface area contributed by atoms with Crippen molar-refractivity contribution in [2.75, 3.05) is 0 Å². The van der Waals surface area contributed by atoms with Gasteiger partial charge in [-0.05, 0) is 19.1 Å². The fraction of sp³-hybridized carbons (Fsp3) is 0.0909. The minimum atomic E-state index is 0.598. The zero-order valence-corrected chi connectivity index (χ0v) is 8.33. The van der Waals surface area contributed by atoms with Crippen molar-refractivity contribution in [2.45, 2.75) is 6.92 Å². The number of aromatic nitrogens is 2. The van der Waals surface area contributed by atoms with Crippen LogP contribution in [0, 0.1) is 6.92 Å². The van der Waals surface area contributed by atoms with E-state index in [4.69, 9.17) is 5.21 Å². The lowest BCUT2D eigenvalue weighted by atomic mass is 10.2. The summed E-state index contributed by atoms with van der Waals surface area (Å²) in [5.74, 6) is 0.598. The third-order valence-electron chi connectivity index (χ3n) is 2.15. The zero-order chi connectivity index (χ0) is 10.7. The van der Waals surface area contributed by atoms with Gasteiger partial charge in [0.25, 0.3) is 0 Å². The second kappa shape index (κ2) is 3.96. The van der Waals surface area contributed by atoms with Gasteiger partial charge >= 0.3 is 0 Å². The van der Waals surface area contributed by atoms with Crippen molar-refractivity contribution < 1.29 is 5.21 Å². The Kier molecular flexibility index (Phi) is 2.49. The predicted octanol–water partition coefficient (Wildman–Crippen LogP) is 1.99. The molecule has 0 saturated heterocycles. The minimum Gasteiger partial charge on any atom is -0.411 e. The molecule has 1 heterocycles. The molecule has 0 atom stereocenters. The van der Waals surface area contributed by atoms with E-state index in [2.05, 4.69) is 10.1 Å². The van der Waals surface area contributed by atoms with Crippen molar-refractivity contribution in [1.82, 2.24) is 9.55 Å². The van der Waals surface area contributed by atoms with Crippen LogP contribution in [-0.4, -0.2) is 21.0 Å². The van der Waals surface area contributed by atoms with Gasteiger partial charge in [0.2, 0.25) is 0 Å². The van der Waals surface area contributed by atoms with E-state index in [-0.39, 0.29) is 0 Å². The number of hydrogen-bond donors (Lipinski definition) is 1. The molecule has 0 bridgehead atoms. The van der Waals surface area contributed by atoms with Gasteiger partial charge < -0.3 is 5.21 Å². The molecule has 0 unspecified atom stereocenters. The lowest BCUT2D eigenvalue weighted by Crippen LogP contribution is -1.99. The summed E-state index contributed by atoms with van der Waals surface area (Å²) in [5.41, 5.74) is 2.20. The van der Waals surface area contributed by atoms with Gasteiger partial charge in [0, 0.05) is 18.1 Å². The second-order valence-electron chi connectivity index (χ2n) is 3.24. The average molecular weight is 201 g/mol. The molecule has 0 aliphatic rings. The molecule has 0 amide bonds. The largest absolute Gasteiger partial charge is 0.411 e. The Bertz CT molecular complexity index is 471. The molecule has 1 N–H and O–H groups in total. The Morgan fingerprint density at radius 2 is 2.07 bits per heavy atom. The van der Waals surface area contributed by atoms with Crippen LogP contribution in [0.25, 0.3) is 5.69 Å². The molecule has 0 aliphatic heterocycles. The fourth-order valence-electron chi connectivity index (χ4n) is 1.39. The van der Waals surface area contributed by atoms with E-state index in [1.54, 1.807) is 6.20 Å². The Hall–Kier alpha value is -2.10. The molecule has 2 aromatic rings. The molecule has 15 heavy (non-hydrogen) atoms. The molecule has 1 aromatic heterocycles. The predicted molar refractivity (Wildman–Crippen MR) is 57.7 cm³/mol. The van der Waals surface area contributed by atoms with Gasteiger partial charge in [-0.3, -0.25) is 4.57 Å². The molecule has 0 saturated carbocycles. The van der Waals surface area contributed by atoms with Gasteiger partial charge in [-0.15, -0.1) is 0 Å². The van der Waals surface area contributed by atoms with Gasteiger partial charge in [-0.1, -0.05) is 22.9 Å². The fourth-order valence-corrected chi connectivity index (χ4v) is 1.39. The molecular formula is C11H11N3O. The van der Waals surface area contributed by atoms with Gasteiger partial charge in [0.1, 0.15) is 6.21 Å². The standard InChI is InChI=1S/C11H11N3O/c1-9-2-4-10(5-3-9)14-7-6-12-11(14)8-13-15/h2-8,15H,1H3/b13-8+. The monoisotopic (exact) mass is 201 g/mol. The van der Waals surface area contributed by atoms with Crippen LogP contribution in [0.2, 0.25) is 0 Å². The quantitative estimate of drug-likeness (QED) is 0.459. The molecule has 4 heteroatoms. The first-order valence-corrected chi connectivity index (χ1v) is 4.59. The van der Waals surface area contributed by atoms with Crippen molar-refractivity contribution >= 4 is 6.21 Å². The summed E-state index contributed by atoms with van der Waals surface area (Å²) < 4.78 is 1.85. The van der Waals surface area contributed by atoms with Crippen LogP contribution in [0.4, 0.5) is 0 Å². The summed E-state index contributed by atoms with van der Waals surface area (Å²) in [7, 11) is 0. The van der Waals surface area contributed by atoms with Crippen molar-refractivity contribution in [3.8, 4) is 5.69 Å². The third-order valence-corrected chi connectivity index (χ3v) is 2.15. The summed E-state index contributed by atoms with van der Waals surface area (Å²) >= 11 is 0. The lowest BCUT2D eigenvalue weighted by Gasteiger charge is -2.04. The normalized spacial score (nSPS) is 11.0. The number of imidazole rings is 1. The summed E-state index contributed by atoms with van der Waals surface area (Å²) in [5, 5.41) is 11.4. The van der Waals surface area contributed by atoms with Gasteiger partial charge in [-0.2, -0.15) is 0 Å². The minimum absolute atomic E-state index is 0.598. The first-order chi connectivity index (χ1) is 7.31. The topological polar surface area (TPSA) is 50.4 Å². The summed E-state index contributed by atoms with van der Waals surface area (Å²) in [4.78, 5) is 4.06. The van der Waals surface area contributed by atoms with E-state index >= 15 is 0 Å². The van der Waals surface area contributed by atoms with Gasteiger partial charge in [-0.25, -0.2) is 4.98 Å². The number of oxime groups is 1. The van der Waals surface area contributed by atoms with E-state index < -0.39 is 0 Å². The summed E-state index contributed by atoms with van der Waals surface area (Å²) in [6.07, 6.45) is 4.79. The van der Waals surface area contributed by atoms with Crippen molar-refractivity contribution in [3.05, 3.63) is 48.0 Å². The van der Waals surface area contributed by atoms with E-state index in [0.717, 1.165) is 5.69 Å². The van der Waals surface area contributed by atoms with E-state index in [1.807, 2.05) is 42.0 Å². The Morgan fingerprint density at radius 3 is 2.73 bits per heavy atom. The first kappa shape index (κ1) is 9.45. The zero-order valence-electron chi connectivity index (χ0n) is 8.33. The Labute approximate surface area is 87.5 Å². The lowest BCUT2D eigenvalue weighted by molar-refractivity contribution is 0.321. The Balaban J connectivity index is 2.44. The number of benzene rings is 1. The Morgan fingerprint density at radius 1 is 1.33 bits per heavy atom. The van der Waals surface area contributed by atoms with E-state index in [9.17, 15) is 0 Å². The maximum Gasteiger partial charge on any atom is 0.159 e. The molecule has 0 aliphatic carbocycles. The van der Waals surface area contributed by atoms with Crippen LogP contribution in [0.5, 0.6) is 0 Å². The van der Waals surface area contributed by atoms with Crippen LogP contribution in [-0.2, 0) is 0 Å². The molecular weight excluding hydrogens is 190 g/mol. The van der Waals surface area contributed by atoms with Crippen LogP contribution in [0.15, 0.2) is 41.8 Å². The van der Waals surface area contributed by atoms with Crippen molar-refractivity contribution in [1.29, 1.82) is 0 Å². The highest BCUT2D eigenvalue weighted by Crippen LogP contribution is 2.10. The molecule has 1 aromatic carbocycles. The molecule has 76 valence electrons. The highest BCUT2D eigenvalue weighted by atomic mass is 16.4. The molecule has 4 nitrogen and oxygen atoms in total. The van der Waals surface area contributed by atoms with E-state index in [1.165, 1.54) is 11.8 Å². The SMILES string of the molecule is Cc1ccc(-n2ccnc2/C=N/O)cc1. The van der Waals surface area contributed by atoms with Crippen molar-refractivity contribution in [2.24, 2.45) is 5.16 Å². The second-order valence-corrected chi connectivity index (χ2v) is 3.24. The first-order valence-electron chi connectivity index (χ1n) is 4.59. The third kappa shape index (κ3) is 1.88. The van der Waals surface area contributed by atoms with E-state index in [0.29, 0.717) is 5.82 Å². The number of hydrogen-bond acceptors (Lipinski definition) is 3. The molecule has 2 rings (SSSR count). The maximum absolute atomic E-state index is 8.47. The maximum atomic E-state index is 8.47. The highest BCUT2D eigenvalue weighted by Gasteiger charge is 2.01. The highest BCUT2D eigenvalue weighted by molar-refractivity contribution is 5.75. The van der Waals surface area contributed by atoms with Crippen molar-refractivity contribution in [3.63, 3.8) is 0 Å². The van der Waals surface area contributed by atoms with Crippen LogP contribution >= 0.6 is 0 Å². The van der Waals surface area contributed by atoms with Crippen LogP contribution in [0.1, 0.15) is 11.4 Å².